The van der Waals surface area contributed by atoms with Crippen LogP contribution < -0.4 is 10.6 Å². The highest BCUT2D eigenvalue weighted by molar-refractivity contribution is 7.75. The van der Waals surface area contributed by atoms with Crippen molar-refractivity contribution < 1.29 is 5.11 Å². The Labute approximate surface area is 159 Å². The summed E-state index contributed by atoms with van der Waals surface area (Å²) < 4.78 is 0. The van der Waals surface area contributed by atoms with Crippen LogP contribution in [-0.2, 0) is 5.41 Å². The van der Waals surface area contributed by atoms with Gasteiger partial charge in [0.25, 0.3) is 0 Å². The lowest BCUT2D eigenvalue weighted by Crippen LogP contribution is -2.31. The normalized spacial score (nSPS) is 16.8. The molecule has 1 aliphatic rings. The lowest BCUT2D eigenvalue weighted by atomic mass is 9.85. The number of hydrogen-bond donors (Lipinski definition) is 1. The third-order valence-corrected chi connectivity index (χ3v) is 8.25. The van der Waals surface area contributed by atoms with Crippen molar-refractivity contribution in [3.8, 4) is 5.75 Å². The summed E-state index contributed by atoms with van der Waals surface area (Å²) in [6, 6.07) is 15.0. The van der Waals surface area contributed by atoms with Gasteiger partial charge in [-0.05, 0) is 43.6 Å². The smallest absolute Gasteiger partial charge is 0.127 e. The van der Waals surface area contributed by atoms with Crippen LogP contribution in [0.2, 0.25) is 0 Å². The molecule has 136 valence electrons. The van der Waals surface area contributed by atoms with Gasteiger partial charge in [-0.1, -0.05) is 88.4 Å². The van der Waals surface area contributed by atoms with E-state index >= 15 is 0 Å². The molecule has 0 saturated carbocycles. The highest BCUT2D eigenvalue weighted by atomic mass is 31.1. The Morgan fingerprint density at radius 1 is 1.00 bits per heavy atom. The molecule has 1 nitrogen and oxygen atoms in total. The van der Waals surface area contributed by atoms with Crippen molar-refractivity contribution >= 4 is 18.5 Å². The second kappa shape index (κ2) is 7.05. The van der Waals surface area contributed by atoms with Crippen molar-refractivity contribution in [1.29, 1.82) is 0 Å². The summed E-state index contributed by atoms with van der Waals surface area (Å²) in [5.41, 5.74) is 2.15. The third kappa shape index (κ3) is 3.38. The van der Waals surface area contributed by atoms with Crippen LogP contribution in [0.25, 0.3) is 0 Å². The maximum absolute atomic E-state index is 11.3. The molecule has 2 aromatic rings. The summed E-state index contributed by atoms with van der Waals surface area (Å²) in [5, 5.41) is 13.7. The van der Waals surface area contributed by atoms with E-state index in [9.17, 15) is 5.11 Å². The molecule has 1 atom stereocenters. The third-order valence-electron chi connectivity index (χ3n) is 5.16. The lowest BCUT2D eigenvalue weighted by molar-refractivity contribution is 0.450. The summed E-state index contributed by atoms with van der Waals surface area (Å²) in [5.74, 6) is 0.472. The van der Waals surface area contributed by atoms with Gasteiger partial charge in [0.15, 0.2) is 0 Å². The fraction of sp³-hybridized carbons (Fsp3) is 0.333. The minimum atomic E-state index is -0.760. The largest absolute Gasteiger partial charge is 0.507 e. The van der Waals surface area contributed by atoms with Gasteiger partial charge >= 0.3 is 0 Å². The average molecular weight is 364 g/mol. The van der Waals surface area contributed by atoms with Gasteiger partial charge in [-0.2, -0.15) is 0 Å². The molecule has 0 aromatic heterocycles. The molecule has 0 saturated heterocycles. The number of hydrogen-bond acceptors (Lipinski definition) is 1. The van der Waals surface area contributed by atoms with Crippen LogP contribution in [0.4, 0.5) is 0 Å². The van der Waals surface area contributed by atoms with E-state index < -0.39 is 7.92 Å². The van der Waals surface area contributed by atoms with E-state index in [1.165, 1.54) is 10.9 Å². The first kappa shape index (κ1) is 18.9. The molecule has 1 N–H and O–H groups in total. The van der Waals surface area contributed by atoms with Crippen molar-refractivity contribution in [1.82, 2.24) is 0 Å². The van der Waals surface area contributed by atoms with Gasteiger partial charge in [0, 0.05) is 16.0 Å². The molecule has 0 radical (unpaired) electrons. The fourth-order valence-corrected chi connectivity index (χ4v) is 6.85. The number of rotatable bonds is 4. The molecule has 0 aliphatic heterocycles. The first-order valence-corrected chi connectivity index (χ1v) is 10.7. The Morgan fingerprint density at radius 2 is 1.62 bits per heavy atom. The van der Waals surface area contributed by atoms with Gasteiger partial charge in [-0.15, -0.1) is 0 Å². The van der Waals surface area contributed by atoms with Crippen molar-refractivity contribution in [2.75, 3.05) is 0 Å². The Balaban J connectivity index is 2.29. The van der Waals surface area contributed by atoms with Crippen LogP contribution in [0, 0.1) is 6.92 Å². The first-order chi connectivity index (χ1) is 12.3. The maximum atomic E-state index is 11.3. The zero-order chi connectivity index (χ0) is 18.9. The van der Waals surface area contributed by atoms with Gasteiger partial charge < -0.3 is 5.11 Å². The second-order valence-corrected chi connectivity index (χ2v) is 10.7. The Bertz CT molecular complexity index is 829. The van der Waals surface area contributed by atoms with Gasteiger partial charge in [0.05, 0.1) is 0 Å². The van der Waals surface area contributed by atoms with Crippen molar-refractivity contribution in [2.45, 2.75) is 51.6 Å². The molecule has 26 heavy (non-hydrogen) atoms. The van der Waals surface area contributed by atoms with Crippen LogP contribution >= 0.6 is 7.92 Å². The number of aromatic hydroxyl groups is 1. The molecule has 2 heteroatoms. The van der Waals surface area contributed by atoms with E-state index in [0.29, 0.717) is 5.75 Å². The van der Waals surface area contributed by atoms with Gasteiger partial charge in [-0.3, -0.25) is 0 Å². The van der Waals surface area contributed by atoms with Crippen molar-refractivity contribution in [3.05, 3.63) is 77.9 Å². The summed E-state index contributed by atoms with van der Waals surface area (Å²) in [6.07, 6.45) is 9.96. The average Bonchev–Trinajstić information content (AvgIpc) is 3.08. The summed E-state index contributed by atoms with van der Waals surface area (Å²) in [7, 11) is -0.760. The van der Waals surface area contributed by atoms with Crippen molar-refractivity contribution in [2.24, 2.45) is 0 Å². The van der Waals surface area contributed by atoms with Crippen LogP contribution in [0.3, 0.4) is 0 Å². The first-order valence-electron chi connectivity index (χ1n) is 9.35. The Kier molecular flexibility index (Phi) is 5.13. The van der Waals surface area contributed by atoms with E-state index in [4.69, 9.17) is 0 Å². The monoisotopic (exact) mass is 364 g/mol. The number of aryl methyl sites for hydroxylation is 1. The fourth-order valence-electron chi connectivity index (χ4n) is 3.73. The minimum absolute atomic E-state index is 0.0445. The molecule has 0 amide bonds. The minimum Gasteiger partial charge on any atom is -0.507 e. The SMILES string of the molecule is CCC1(P(c2ccccc2)c2cc(C)cc(C(C)(C)C)c2O)C=CC=C1. The van der Waals surface area contributed by atoms with Gasteiger partial charge in [0.2, 0.25) is 0 Å². The van der Waals surface area contributed by atoms with Crippen molar-refractivity contribution in [3.63, 3.8) is 0 Å². The predicted octanol–water partition coefficient (Wildman–Crippen LogP) is 5.71. The quantitative estimate of drug-likeness (QED) is 0.690. The molecule has 0 heterocycles. The Morgan fingerprint density at radius 3 is 2.15 bits per heavy atom. The standard InChI is InChI=1S/C24H29OP/c1-6-24(14-10-11-15-24)26(19-12-8-7-9-13-19)21-17-18(2)16-20(22(21)25)23(3,4)5/h7-17,25H,6H2,1-5H3. The summed E-state index contributed by atoms with van der Waals surface area (Å²) >= 11 is 0. The van der Waals surface area contributed by atoms with E-state index in [1.807, 2.05) is 0 Å². The van der Waals surface area contributed by atoms with E-state index in [1.54, 1.807) is 0 Å². The molecule has 1 unspecified atom stereocenters. The Hall–Kier alpha value is -1.85. The van der Waals surface area contributed by atoms with Crippen LogP contribution in [0.5, 0.6) is 5.75 Å². The number of phenolic OH excluding ortho intramolecular Hbond substituents is 1. The molecule has 1 aliphatic carbocycles. The van der Waals surface area contributed by atoms with Crippen LogP contribution in [0.1, 0.15) is 45.2 Å². The summed E-state index contributed by atoms with van der Waals surface area (Å²) in [6.45, 7) is 10.9. The molecule has 0 bridgehead atoms. The van der Waals surface area contributed by atoms with Gasteiger partial charge in [-0.25, -0.2) is 0 Å². The molecular formula is C24H29OP. The lowest BCUT2D eigenvalue weighted by Gasteiger charge is -2.37. The molecule has 3 rings (SSSR count). The predicted molar refractivity (Wildman–Crippen MR) is 115 cm³/mol. The second-order valence-electron chi connectivity index (χ2n) is 8.16. The maximum Gasteiger partial charge on any atom is 0.127 e. The molecular weight excluding hydrogens is 335 g/mol. The molecule has 2 aromatic carbocycles. The zero-order valence-electron chi connectivity index (χ0n) is 16.5. The van der Waals surface area contributed by atoms with E-state index in [0.717, 1.165) is 17.3 Å². The number of allylic oxidation sites excluding steroid dienone is 4. The topological polar surface area (TPSA) is 20.2 Å². The van der Waals surface area contributed by atoms with E-state index in [2.05, 4.69) is 101 Å². The zero-order valence-corrected chi connectivity index (χ0v) is 17.3. The highest BCUT2D eigenvalue weighted by Crippen LogP contribution is 2.55. The number of phenols is 1. The van der Waals surface area contributed by atoms with E-state index in [-0.39, 0.29) is 10.6 Å². The van der Waals surface area contributed by atoms with Gasteiger partial charge in [0.1, 0.15) is 5.75 Å². The number of benzene rings is 2. The summed E-state index contributed by atoms with van der Waals surface area (Å²) in [4.78, 5) is 0. The molecule has 0 spiro atoms. The molecule has 0 fully saturated rings. The van der Waals surface area contributed by atoms with Crippen LogP contribution in [-0.4, -0.2) is 10.3 Å². The van der Waals surface area contributed by atoms with Crippen LogP contribution in [0.15, 0.2) is 66.8 Å². The highest BCUT2D eigenvalue weighted by Gasteiger charge is 2.38.